The minimum absolute atomic E-state index is 0.0561. The lowest BCUT2D eigenvalue weighted by Crippen LogP contribution is -2.53. The number of aromatic nitrogens is 1. The van der Waals surface area contributed by atoms with Gasteiger partial charge in [0, 0.05) is 26.3 Å². The molecule has 2 heterocycles. The van der Waals surface area contributed by atoms with Crippen LogP contribution in [-0.2, 0) is 16.1 Å². The normalized spacial score (nSPS) is 19.7. The van der Waals surface area contributed by atoms with Crippen LogP contribution in [0.15, 0.2) is 18.3 Å². The first kappa shape index (κ1) is 12.8. The molecule has 1 aromatic heterocycles. The summed E-state index contributed by atoms with van der Waals surface area (Å²) in [7, 11) is 1.63. The van der Waals surface area contributed by atoms with Gasteiger partial charge in [-0.05, 0) is 11.6 Å². The van der Waals surface area contributed by atoms with E-state index < -0.39 is 0 Å². The minimum Gasteiger partial charge on any atom is -0.377 e. The van der Waals surface area contributed by atoms with Gasteiger partial charge in [0.25, 0.3) is 0 Å². The molecule has 6 heteroatoms. The smallest absolute Gasteiger partial charge is 0.244 e. The van der Waals surface area contributed by atoms with E-state index in [-0.39, 0.29) is 11.9 Å². The van der Waals surface area contributed by atoms with Gasteiger partial charge in [0.2, 0.25) is 5.91 Å². The molecule has 1 fully saturated rings. The second-order valence-corrected chi connectivity index (χ2v) is 4.13. The van der Waals surface area contributed by atoms with Gasteiger partial charge in [-0.1, -0.05) is 6.07 Å². The Balaban J connectivity index is 2.19. The van der Waals surface area contributed by atoms with Crippen LogP contribution in [-0.4, -0.2) is 43.7 Å². The number of carbonyl (C=O) groups is 1. The fourth-order valence-corrected chi connectivity index (χ4v) is 1.97. The summed E-state index contributed by atoms with van der Waals surface area (Å²) in [6, 6.07) is 3.50. The molecule has 1 atom stereocenters. The highest BCUT2D eigenvalue weighted by Gasteiger charge is 2.29. The lowest BCUT2D eigenvalue weighted by atomic mass is 10.2. The van der Waals surface area contributed by atoms with E-state index in [4.69, 9.17) is 10.5 Å². The van der Waals surface area contributed by atoms with E-state index in [1.165, 1.54) is 0 Å². The zero-order valence-electron chi connectivity index (χ0n) is 10.4. The summed E-state index contributed by atoms with van der Waals surface area (Å²) in [6.07, 6.45) is 1.74. The Bertz CT molecular complexity index is 407. The first-order valence-electron chi connectivity index (χ1n) is 5.97. The number of likely N-dealkylation sites (N-methyl/N-ethyl adjacent to an activating group) is 1. The number of nitrogens with two attached hydrogens (primary N) is 1. The van der Waals surface area contributed by atoms with Crippen LogP contribution in [0.3, 0.4) is 0 Å². The van der Waals surface area contributed by atoms with Crippen LogP contribution in [0.2, 0.25) is 0 Å². The Kier molecular flexibility index (Phi) is 4.11. The van der Waals surface area contributed by atoms with Gasteiger partial charge in [-0.25, -0.2) is 4.98 Å². The van der Waals surface area contributed by atoms with E-state index in [1.54, 1.807) is 13.2 Å². The largest absolute Gasteiger partial charge is 0.377 e. The van der Waals surface area contributed by atoms with Gasteiger partial charge in [-0.2, -0.15) is 0 Å². The Morgan fingerprint density at radius 1 is 1.67 bits per heavy atom. The van der Waals surface area contributed by atoms with Crippen molar-refractivity contribution in [3.8, 4) is 0 Å². The van der Waals surface area contributed by atoms with Gasteiger partial charge in [0.15, 0.2) is 0 Å². The number of ether oxygens (including phenoxy) is 1. The fraction of sp³-hybridized carbons (Fsp3) is 0.500. The van der Waals surface area contributed by atoms with Crippen LogP contribution in [0.5, 0.6) is 0 Å². The van der Waals surface area contributed by atoms with E-state index in [1.807, 2.05) is 17.0 Å². The molecule has 1 amide bonds. The van der Waals surface area contributed by atoms with Crippen molar-refractivity contribution in [2.24, 2.45) is 5.73 Å². The maximum absolute atomic E-state index is 11.8. The standard InChI is InChI=1S/C12H18N4O2/c1-14-12(17)10-8-18-5-4-16(10)11-3-2-9(6-13)7-15-11/h2-3,7,10H,4-6,8,13H2,1H3,(H,14,17). The predicted molar refractivity (Wildman–Crippen MR) is 68.1 cm³/mol. The number of morpholine rings is 1. The molecule has 1 aliphatic heterocycles. The lowest BCUT2D eigenvalue weighted by Gasteiger charge is -2.35. The van der Waals surface area contributed by atoms with Crippen LogP contribution in [0, 0.1) is 0 Å². The molecular formula is C12H18N4O2. The summed E-state index contributed by atoms with van der Waals surface area (Å²) in [4.78, 5) is 18.1. The SMILES string of the molecule is CNC(=O)C1COCCN1c1ccc(CN)cn1. The molecule has 0 spiro atoms. The van der Waals surface area contributed by atoms with Crippen molar-refractivity contribution in [2.75, 3.05) is 31.7 Å². The molecule has 98 valence electrons. The number of anilines is 1. The number of nitrogens with one attached hydrogen (secondary N) is 1. The monoisotopic (exact) mass is 250 g/mol. The van der Waals surface area contributed by atoms with Gasteiger partial charge in [0.05, 0.1) is 13.2 Å². The first-order chi connectivity index (χ1) is 8.76. The third-order valence-corrected chi connectivity index (χ3v) is 3.02. The van der Waals surface area contributed by atoms with Crippen molar-refractivity contribution in [1.29, 1.82) is 0 Å². The topological polar surface area (TPSA) is 80.5 Å². The third-order valence-electron chi connectivity index (χ3n) is 3.02. The Hall–Kier alpha value is -1.66. The van der Waals surface area contributed by atoms with Crippen molar-refractivity contribution in [1.82, 2.24) is 10.3 Å². The number of amides is 1. The van der Waals surface area contributed by atoms with Crippen molar-refractivity contribution >= 4 is 11.7 Å². The number of carbonyl (C=O) groups excluding carboxylic acids is 1. The predicted octanol–water partition coefficient (Wildman–Crippen LogP) is -0.508. The number of nitrogens with zero attached hydrogens (tertiary/aromatic N) is 2. The molecule has 2 rings (SSSR count). The van der Waals surface area contributed by atoms with Crippen molar-refractivity contribution in [2.45, 2.75) is 12.6 Å². The van der Waals surface area contributed by atoms with Crippen molar-refractivity contribution < 1.29 is 9.53 Å². The highest BCUT2D eigenvalue weighted by molar-refractivity contribution is 5.85. The average Bonchev–Trinajstić information content (AvgIpc) is 2.46. The van der Waals surface area contributed by atoms with E-state index in [0.717, 1.165) is 11.4 Å². The maximum Gasteiger partial charge on any atom is 0.244 e. The minimum atomic E-state index is -0.319. The summed E-state index contributed by atoms with van der Waals surface area (Å²) in [5.74, 6) is 0.725. The molecular weight excluding hydrogens is 232 g/mol. The molecule has 18 heavy (non-hydrogen) atoms. The quantitative estimate of drug-likeness (QED) is 0.755. The maximum atomic E-state index is 11.8. The van der Waals surface area contributed by atoms with Crippen LogP contribution < -0.4 is 16.0 Å². The average molecular weight is 250 g/mol. The van der Waals surface area contributed by atoms with Crippen LogP contribution in [0.25, 0.3) is 0 Å². The molecule has 0 saturated carbocycles. The van der Waals surface area contributed by atoms with E-state index in [9.17, 15) is 4.79 Å². The number of rotatable bonds is 3. The zero-order chi connectivity index (χ0) is 13.0. The second-order valence-electron chi connectivity index (χ2n) is 4.13. The van der Waals surface area contributed by atoms with Crippen LogP contribution in [0.4, 0.5) is 5.82 Å². The van der Waals surface area contributed by atoms with Crippen LogP contribution in [0.1, 0.15) is 5.56 Å². The second kappa shape index (κ2) is 5.79. The number of hydrogen-bond acceptors (Lipinski definition) is 5. The lowest BCUT2D eigenvalue weighted by molar-refractivity contribution is -0.124. The molecule has 1 aromatic rings. The summed E-state index contributed by atoms with van der Waals surface area (Å²) >= 11 is 0. The molecule has 0 radical (unpaired) electrons. The number of pyridine rings is 1. The Labute approximate surface area is 106 Å². The third kappa shape index (κ3) is 2.60. The summed E-state index contributed by atoms with van der Waals surface area (Å²) < 4.78 is 5.35. The molecule has 3 N–H and O–H groups in total. The molecule has 0 aliphatic carbocycles. The van der Waals surface area contributed by atoms with Gasteiger partial charge in [-0.3, -0.25) is 4.79 Å². The summed E-state index contributed by atoms with van der Waals surface area (Å²) in [6.45, 7) is 2.12. The summed E-state index contributed by atoms with van der Waals surface area (Å²) in [5, 5.41) is 2.65. The highest BCUT2D eigenvalue weighted by Crippen LogP contribution is 2.17. The Morgan fingerprint density at radius 2 is 2.50 bits per heavy atom. The van der Waals surface area contributed by atoms with Gasteiger partial charge in [-0.15, -0.1) is 0 Å². The molecule has 6 nitrogen and oxygen atoms in total. The van der Waals surface area contributed by atoms with E-state index in [2.05, 4.69) is 10.3 Å². The van der Waals surface area contributed by atoms with Gasteiger partial charge in [0.1, 0.15) is 11.9 Å². The Morgan fingerprint density at radius 3 is 3.11 bits per heavy atom. The van der Waals surface area contributed by atoms with Crippen molar-refractivity contribution in [3.05, 3.63) is 23.9 Å². The molecule has 1 aliphatic rings. The van der Waals surface area contributed by atoms with E-state index >= 15 is 0 Å². The van der Waals surface area contributed by atoms with Crippen molar-refractivity contribution in [3.63, 3.8) is 0 Å². The van der Waals surface area contributed by atoms with Crippen LogP contribution >= 0.6 is 0 Å². The molecule has 0 aromatic carbocycles. The molecule has 1 unspecified atom stereocenters. The molecule has 1 saturated heterocycles. The first-order valence-corrected chi connectivity index (χ1v) is 5.97. The van der Waals surface area contributed by atoms with E-state index in [0.29, 0.717) is 26.3 Å². The highest BCUT2D eigenvalue weighted by atomic mass is 16.5. The van der Waals surface area contributed by atoms with Gasteiger partial charge < -0.3 is 20.7 Å². The zero-order valence-corrected chi connectivity index (χ0v) is 10.4. The number of hydrogen-bond donors (Lipinski definition) is 2. The van der Waals surface area contributed by atoms with Gasteiger partial charge >= 0.3 is 0 Å². The summed E-state index contributed by atoms with van der Waals surface area (Å²) in [5.41, 5.74) is 6.51. The fourth-order valence-electron chi connectivity index (χ4n) is 1.97. The molecule has 0 bridgehead atoms.